The Balaban J connectivity index is 1.38. The van der Waals surface area contributed by atoms with Gasteiger partial charge in [0.15, 0.2) is 0 Å². The molecule has 2 aromatic carbocycles. The highest BCUT2D eigenvalue weighted by molar-refractivity contribution is 6.39. The number of benzene rings is 2. The Morgan fingerprint density at radius 3 is 2.37 bits per heavy atom. The van der Waals surface area contributed by atoms with Gasteiger partial charge in [-0.25, -0.2) is 4.39 Å². The van der Waals surface area contributed by atoms with E-state index in [0.717, 1.165) is 25.9 Å². The largest absolute Gasteiger partial charge is 0.372 e. The number of halogens is 1. The Labute approximate surface area is 158 Å². The van der Waals surface area contributed by atoms with Crippen LogP contribution >= 0.6 is 0 Å². The molecule has 2 aromatic rings. The zero-order valence-corrected chi connectivity index (χ0v) is 15.2. The first-order chi connectivity index (χ1) is 13.1. The first-order valence-electron chi connectivity index (χ1n) is 9.31. The van der Waals surface area contributed by atoms with E-state index in [1.807, 2.05) is 0 Å². The first-order valence-corrected chi connectivity index (χ1v) is 9.31. The maximum atomic E-state index is 13.5. The average molecular weight is 369 g/mol. The highest BCUT2D eigenvalue weighted by atomic mass is 19.1. The van der Waals surface area contributed by atoms with Gasteiger partial charge in [-0.3, -0.25) is 9.59 Å². The third kappa shape index (κ3) is 5.29. The van der Waals surface area contributed by atoms with Crippen molar-refractivity contribution in [3.8, 4) is 0 Å². The summed E-state index contributed by atoms with van der Waals surface area (Å²) < 4.78 is 13.5. The number of aryl methyl sites for hydroxylation is 1. The molecule has 2 amide bonds. The molecule has 5 nitrogen and oxygen atoms in total. The second-order valence-corrected chi connectivity index (χ2v) is 6.65. The number of nitrogens with zero attached hydrogens (tertiary/aromatic N) is 1. The van der Waals surface area contributed by atoms with E-state index in [9.17, 15) is 14.0 Å². The van der Waals surface area contributed by atoms with Crippen LogP contribution in [0.25, 0.3) is 0 Å². The fraction of sp³-hybridized carbons (Fsp3) is 0.333. The van der Waals surface area contributed by atoms with Crippen LogP contribution in [0.2, 0.25) is 0 Å². The molecule has 1 heterocycles. The van der Waals surface area contributed by atoms with Gasteiger partial charge in [0.25, 0.3) is 0 Å². The van der Waals surface area contributed by atoms with Gasteiger partial charge in [0, 0.05) is 25.3 Å². The fourth-order valence-corrected chi connectivity index (χ4v) is 3.17. The zero-order chi connectivity index (χ0) is 19.1. The quantitative estimate of drug-likeness (QED) is 0.608. The van der Waals surface area contributed by atoms with Crippen molar-refractivity contribution in [2.24, 2.45) is 0 Å². The molecular weight excluding hydrogens is 345 g/mol. The number of nitrogens with one attached hydrogen (secondary N) is 2. The predicted octanol–water partition coefficient (Wildman–Crippen LogP) is 3.11. The highest BCUT2D eigenvalue weighted by Gasteiger charge is 2.15. The number of carbonyl (C=O) groups is 2. The molecule has 0 unspecified atom stereocenters. The number of anilines is 2. The summed E-state index contributed by atoms with van der Waals surface area (Å²) in [7, 11) is 0. The van der Waals surface area contributed by atoms with Gasteiger partial charge in [0.1, 0.15) is 5.82 Å². The number of carbonyl (C=O) groups excluding carboxylic acids is 2. The number of hydrogen-bond donors (Lipinski definition) is 2. The van der Waals surface area contributed by atoms with Gasteiger partial charge in [0.05, 0.1) is 5.69 Å². The van der Waals surface area contributed by atoms with Crippen LogP contribution in [0.15, 0.2) is 48.5 Å². The monoisotopic (exact) mass is 369 g/mol. The van der Waals surface area contributed by atoms with Gasteiger partial charge in [-0.1, -0.05) is 24.3 Å². The molecule has 2 N–H and O–H groups in total. The van der Waals surface area contributed by atoms with Gasteiger partial charge >= 0.3 is 11.8 Å². The van der Waals surface area contributed by atoms with Gasteiger partial charge < -0.3 is 15.5 Å². The topological polar surface area (TPSA) is 61.4 Å². The molecule has 27 heavy (non-hydrogen) atoms. The Bertz CT molecular complexity index is 786. The zero-order valence-electron chi connectivity index (χ0n) is 15.2. The van der Waals surface area contributed by atoms with Crippen LogP contribution in [0.1, 0.15) is 24.8 Å². The molecule has 6 heteroatoms. The van der Waals surface area contributed by atoms with Crippen LogP contribution in [0, 0.1) is 5.82 Å². The summed E-state index contributed by atoms with van der Waals surface area (Å²) in [6.45, 7) is 2.64. The van der Waals surface area contributed by atoms with Gasteiger partial charge in [-0.05, 0) is 55.5 Å². The average Bonchev–Trinajstić information content (AvgIpc) is 3.22. The summed E-state index contributed by atoms with van der Waals surface area (Å²) in [5.41, 5.74) is 2.45. The second-order valence-electron chi connectivity index (χ2n) is 6.65. The molecule has 0 atom stereocenters. The van der Waals surface area contributed by atoms with Crippen molar-refractivity contribution in [2.45, 2.75) is 25.7 Å². The SMILES string of the molecule is O=C(NCCCc1ccc(N2CCCC2)cc1)C(=O)Nc1ccccc1F. The maximum Gasteiger partial charge on any atom is 0.313 e. The van der Waals surface area contributed by atoms with E-state index < -0.39 is 17.6 Å². The molecule has 1 fully saturated rings. The van der Waals surface area contributed by atoms with Crippen molar-refractivity contribution >= 4 is 23.2 Å². The molecule has 0 aromatic heterocycles. The van der Waals surface area contributed by atoms with Gasteiger partial charge in [-0.15, -0.1) is 0 Å². The summed E-state index contributed by atoms with van der Waals surface area (Å²) >= 11 is 0. The number of para-hydroxylation sites is 1. The van der Waals surface area contributed by atoms with Crippen molar-refractivity contribution < 1.29 is 14.0 Å². The molecule has 142 valence electrons. The summed E-state index contributed by atoms with van der Waals surface area (Å²) in [5, 5.41) is 4.84. The molecule has 0 radical (unpaired) electrons. The third-order valence-corrected chi connectivity index (χ3v) is 4.66. The summed E-state index contributed by atoms with van der Waals surface area (Å²) in [6, 6.07) is 14.2. The van der Waals surface area contributed by atoms with Gasteiger partial charge in [-0.2, -0.15) is 0 Å². The molecule has 1 aliphatic rings. The molecule has 0 spiro atoms. The number of amides is 2. The lowest BCUT2D eigenvalue weighted by Crippen LogP contribution is -2.36. The minimum atomic E-state index is -0.866. The van der Waals surface area contributed by atoms with E-state index in [0.29, 0.717) is 6.54 Å². The molecule has 3 rings (SSSR count). The minimum Gasteiger partial charge on any atom is -0.372 e. The Kier molecular flexibility index (Phi) is 6.41. The molecule has 0 bridgehead atoms. The van der Waals surface area contributed by atoms with Crippen LogP contribution in [-0.2, 0) is 16.0 Å². The lowest BCUT2D eigenvalue weighted by Gasteiger charge is -2.17. The highest BCUT2D eigenvalue weighted by Crippen LogP contribution is 2.20. The molecule has 0 saturated carbocycles. The third-order valence-electron chi connectivity index (χ3n) is 4.66. The van der Waals surface area contributed by atoms with E-state index in [-0.39, 0.29) is 5.69 Å². The second kappa shape index (κ2) is 9.16. The summed E-state index contributed by atoms with van der Waals surface area (Å²) in [4.78, 5) is 26.0. The Morgan fingerprint density at radius 1 is 0.963 bits per heavy atom. The summed E-state index contributed by atoms with van der Waals surface area (Å²) in [5.74, 6) is -2.20. The molecular formula is C21H24FN3O2. The summed E-state index contributed by atoms with van der Waals surface area (Å²) in [6.07, 6.45) is 4.05. The first kappa shape index (κ1) is 18.9. The van der Waals surface area contributed by atoms with E-state index in [2.05, 4.69) is 39.8 Å². The lowest BCUT2D eigenvalue weighted by atomic mass is 10.1. The van der Waals surface area contributed by atoms with E-state index in [4.69, 9.17) is 0 Å². The van der Waals surface area contributed by atoms with E-state index >= 15 is 0 Å². The van der Waals surface area contributed by atoms with Crippen LogP contribution in [0.5, 0.6) is 0 Å². The van der Waals surface area contributed by atoms with Crippen molar-refractivity contribution in [3.63, 3.8) is 0 Å². The fourth-order valence-electron chi connectivity index (χ4n) is 3.17. The molecule has 0 aliphatic carbocycles. The smallest absolute Gasteiger partial charge is 0.313 e. The van der Waals surface area contributed by atoms with E-state index in [1.54, 1.807) is 6.07 Å². The van der Waals surface area contributed by atoms with E-state index in [1.165, 1.54) is 42.3 Å². The number of rotatable bonds is 6. The predicted molar refractivity (Wildman–Crippen MR) is 104 cm³/mol. The van der Waals surface area contributed by atoms with Crippen LogP contribution in [-0.4, -0.2) is 31.4 Å². The maximum absolute atomic E-state index is 13.5. The van der Waals surface area contributed by atoms with Crippen molar-refractivity contribution in [2.75, 3.05) is 29.9 Å². The lowest BCUT2D eigenvalue weighted by molar-refractivity contribution is -0.136. The molecule has 1 saturated heterocycles. The van der Waals surface area contributed by atoms with Crippen LogP contribution in [0.3, 0.4) is 0 Å². The standard InChI is InChI=1S/C21H24FN3O2/c22-18-7-1-2-8-19(18)24-21(27)20(26)23-13-5-6-16-9-11-17(12-10-16)25-14-3-4-15-25/h1-2,7-12H,3-6,13-15H2,(H,23,26)(H,24,27). The minimum absolute atomic E-state index is 0.00394. The van der Waals surface area contributed by atoms with Crippen LogP contribution in [0.4, 0.5) is 15.8 Å². The van der Waals surface area contributed by atoms with Crippen molar-refractivity contribution in [3.05, 3.63) is 59.9 Å². The Morgan fingerprint density at radius 2 is 1.67 bits per heavy atom. The Hall–Kier alpha value is -2.89. The molecule has 1 aliphatic heterocycles. The van der Waals surface area contributed by atoms with Crippen molar-refractivity contribution in [1.82, 2.24) is 5.32 Å². The van der Waals surface area contributed by atoms with Crippen LogP contribution < -0.4 is 15.5 Å². The number of hydrogen-bond acceptors (Lipinski definition) is 3. The normalized spacial score (nSPS) is 13.4. The van der Waals surface area contributed by atoms with Crippen molar-refractivity contribution in [1.29, 1.82) is 0 Å². The van der Waals surface area contributed by atoms with Gasteiger partial charge in [0.2, 0.25) is 0 Å².